The Morgan fingerprint density at radius 2 is 1.55 bits per heavy atom. The lowest BCUT2D eigenvalue weighted by Gasteiger charge is -2.29. The lowest BCUT2D eigenvalue weighted by molar-refractivity contribution is 0.522. The summed E-state index contributed by atoms with van der Waals surface area (Å²) in [5.74, 6) is 0. The molecule has 0 aliphatic rings. The Bertz CT molecular complexity index is 459. The minimum Gasteiger partial charge on any atom is -0.246 e. The van der Waals surface area contributed by atoms with Crippen LogP contribution in [-0.4, -0.2) is 18.8 Å². The minimum absolute atomic E-state index is 0.0503. The summed E-state index contributed by atoms with van der Waals surface area (Å²) in [5, 5.41) is 7.66. The van der Waals surface area contributed by atoms with Crippen LogP contribution in [0.4, 0.5) is 0 Å². The molecule has 0 fully saturated rings. The molecule has 0 unspecified atom stereocenters. The van der Waals surface area contributed by atoms with Crippen LogP contribution in [0.1, 0.15) is 31.2 Å². The van der Waals surface area contributed by atoms with Crippen LogP contribution in [0.3, 0.4) is 0 Å². The molecule has 20 heavy (non-hydrogen) atoms. The lowest BCUT2D eigenvalue weighted by Crippen LogP contribution is -2.33. The van der Waals surface area contributed by atoms with Crippen LogP contribution in [0.15, 0.2) is 0 Å². The molecule has 1 heterocycles. The average molecular weight is 443 g/mol. The van der Waals surface area contributed by atoms with Crippen molar-refractivity contribution >= 4 is 92.8 Å². The van der Waals surface area contributed by atoms with Gasteiger partial charge in [0.15, 0.2) is 0 Å². The summed E-state index contributed by atoms with van der Waals surface area (Å²) >= 11 is 47.3. The Morgan fingerprint density at radius 3 is 1.95 bits per heavy atom. The normalized spacial score (nSPS) is 13.8. The average Bonchev–Trinajstić information content (AvgIpc) is 2.68. The van der Waals surface area contributed by atoms with Crippen molar-refractivity contribution in [3.63, 3.8) is 0 Å². The zero-order valence-electron chi connectivity index (χ0n) is 9.99. The highest BCUT2D eigenvalue weighted by Gasteiger charge is 2.53. The molecule has 0 radical (unpaired) electrons. The molecule has 11 heteroatoms. The molecule has 0 amide bonds. The van der Waals surface area contributed by atoms with E-state index in [0.29, 0.717) is 6.54 Å². The second-order valence-corrected chi connectivity index (χ2v) is 9.82. The first-order chi connectivity index (χ1) is 8.93. The monoisotopic (exact) mass is 439 g/mol. The van der Waals surface area contributed by atoms with E-state index in [-0.39, 0.29) is 11.4 Å². The predicted molar refractivity (Wildman–Crippen MR) is 87.8 cm³/mol. The summed E-state index contributed by atoms with van der Waals surface area (Å²) in [6.45, 7) is 2.44. The largest absolute Gasteiger partial charge is 0.246 e. The summed E-state index contributed by atoms with van der Waals surface area (Å²) in [5.41, 5.74) is -0.0239. The van der Waals surface area contributed by atoms with Crippen molar-refractivity contribution in [2.24, 2.45) is 0 Å². The van der Waals surface area contributed by atoms with Crippen molar-refractivity contribution < 1.29 is 0 Å². The van der Waals surface area contributed by atoms with E-state index in [2.05, 4.69) is 10.3 Å². The van der Waals surface area contributed by atoms with Crippen molar-refractivity contribution in [3.8, 4) is 0 Å². The fraction of sp³-hybridized carbons (Fsp3) is 0.778. The summed E-state index contributed by atoms with van der Waals surface area (Å²) in [6, 6.07) is 0. The van der Waals surface area contributed by atoms with Crippen molar-refractivity contribution in [1.29, 1.82) is 0 Å². The standard InChI is InChI=1S/C9H9Cl8N3/c1-2-3-4-20-6(7(10,11)9(15,16)17)5(18-19-20)8(12,13)14/h2-4H2,1H3. The Morgan fingerprint density at radius 1 is 1.00 bits per heavy atom. The molecular formula is C9H9Cl8N3. The van der Waals surface area contributed by atoms with Gasteiger partial charge in [-0.3, -0.25) is 0 Å². The van der Waals surface area contributed by atoms with Gasteiger partial charge in [0.1, 0.15) is 11.4 Å². The summed E-state index contributed by atoms with van der Waals surface area (Å²) in [6.07, 6.45) is 1.67. The van der Waals surface area contributed by atoms with Crippen molar-refractivity contribution in [3.05, 3.63) is 11.4 Å². The molecule has 1 rings (SSSR count). The van der Waals surface area contributed by atoms with Gasteiger partial charge in [0.2, 0.25) is 11.9 Å². The first-order valence-electron chi connectivity index (χ1n) is 5.38. The van der Waals surface area contributed by atoms with Gasteiger partial charge >= 0.3 is 0 Å². The molecule has 1 aromatic heterocycles. The van der Waals surface area contributed by atoms with Crippen LogP contribution in [-0.2, 0) is 14.7 Å². The maximum absolute atomic E-state index is 6.17. The van der Waals surface area contributed by atoms with E-state index in [1.165, 1.54) is 4.68 Å². The highest BCUT2D eigenvalue weighted by Crippen LogP contribution is 2.55. The van der Waals surface area contributed by atoms with E-state index in [0.717, 1.165) is 12.8 Å². The van der Waals surface area contributed by atoms with Crippen LogP contribution >= 0.6 is 92.8 Å². The molecule has 3 nitrogen and oxygen atoms in total. The molecule has 0 saturated heterocycles. The number of halogens is 8. The molecule has 0 spiro atoms. The zero-order valence-corrected chi connectivity index (χ0v) is 16.0. The van der Waals surface area contributed by atoms with Crippen LogP contribution in [0.25, 0.3) is 0 Å². The topological polar surface area (TPSA) is 30.7 Å². The molecule has 0 aromatic carbocycles. The van der Waals surface area contributed by atoms with Gasteiger partial charge < -0.3 is 0 Å². The van der Waals surface area contributed by atoms with Crippen molar-refractivity contribution in [1.82, 2.24) is 15.0 Å². The number of nitrogens with zero attached hydrogens (tertiary/aromatic N) is 3. The quantitative estimate of drug-likeness (QED) is 0.543. The summed E-state index contributed by atoms with van der Waals surface area (Å²) in [7, 11) is 0. The first kappa shape index (κ1) is 19.5. The maximum atomic E-state index is 6.17. The fourth-order valence-electron chi connectivity index (χ4n) is 1.41. The number of hydrogen-bond donors (Lipinski definition) is 0. The molecule has 0 atom stereocenters. The van der Waals surface area contributed by atoms with Crippen molar-refractivity contribution in [2.75, 3.05) is 0 Å². The van der Waals surface area contributed by atoms with Crippen molar-refractivity contribution in [2.45, 2.75) is 38.2 Å². The van der Waals surface area contributed by atoms with Gasteiger partial charge in [-0.1, -0.05) is 111 Å². The molecule has 1 aromatic rings. The molecule has 0 aliphatic carbocycles. The number of hydrogen-bond acceptors (Lipinski definition) is 2. The van der Waals surface area contributed by atoms with Gasteiger partial charge in [0.25, 0.3) is 0 Å². The molecule has 0 N–H and O–H groups in total. The minimum atomic E-state index is -2.06. The lowest BCUT2D eigenvalue weighted by atomic mass is 10.2. The van der Waals surface area contributed by atoms with Crippen LogP contribution in [0.5, 0.6) is 0 Å². The molecule has 0 aliphatic heterocycles. The first-order valence-corrected chi connectivity index (χ1v) is 8.41. The third-order valence-corrected chi connectivity index (χ3v) is 5.27. The third-order valence-electron chi connectivity index (χ3n) is 2.38. The number of unbranched alkanes of at least 4 members (excludes halogenated alkanes) is 1. The van der Waals surface area contributed by atoms with Gasteiger partial charge in [0.05, 0.1) is 0 Å². The predicted octanol–water partition coefficient (Wildman–Crippen LogP) is 5.91. The highest BCUT2D eigenvalue weighted by molar-refractivity contribution is 6.75. The van der Waals surface area contributed by atoms with Crippen LogP contribution < -0.4 is 0 Å². The Kier molecular flexibility index (Phi) is 6.75. The van der Waals surface area contributed by atoms with E-state index < -0.39 is 11.9 Å². The third kappa shape index (κ3) is 4.26. The van der Waals surface area contributed by atoms with Gasteiger partial charge in [-0.25, -0.2) is 4.68 Å². The van der Waals surface area contributed by atoms with E-state index in [1.54, 1.807) is 0 Å². The zero-order chi connectivity index (χ0) is 15.8. The van der Waals surface area contributed by atoms with E-state index in [4.69, 9.17) is 92.8 Å². The van der Waals surface area contributed by atoms with Crippen LogP contribution in [0.2, 0.25) is 0 Å². The Balaban J connectivity index is 3.43. The molecular weight excluding hydrogens is 434 g/mol. The van der Waals surface area contributed by atoms with Crippen LogP contribution in [0, 0.1) is 0 Å². The number of rotatable bonds is 4. The molecule has 0 saturated carbocycles. The molecule has 0 bridgehead atoms. The fourth-order valence-corrected chi connectivity index (χ4v) is 2.44. The van der Waals surface area contributed by atoms with E-state index >= 15 is 0 Å². The van der Waals surface area contributed by atoms with E-state index in [9.17, 15) is 0 Å². The second-order valence-electron chi connectivity index (χ2n) is 3.93. The smallest absolute Gasteiger partial charge is 0.236 e. The van der Waals surface area contributed by atoms with E-state index in [1.807, 2.05) is 6.92 Å². The SMILES string of the molecule is CCCCn1nnc(C(Cl)(Cl)Cl)c1C(Cl)(Cl)C(Cl)(Cl)Cl. The number of aryl methyl sites for hydroxylation is 1. The highest BCUT2D eigenvalue weighted by atomic mass is 35.6. The van der Waals surface area contributed by atoms with Gasteiger partial charge in [-0.05, 0) is 6.42 Å². The summed E-state index contributed by atoms with van der Waals surface area (Å²) < 4.78 is -4.56. The maximum Gasteiger partial charge on any atom is 0.236 e. The van der Waals surface area contributed by atoms with Gasteiger partial charge in [-0.2, -0.15) is 0 Å². The Labute approximate surface area is 156 Å². The number of alkyl halides is 8. The second kappa shape index (κ2) is 6.92. The van der Waals surface area contributed by atoms with Gasteiger partial charge in [-0.15, -0.1) is 5.10 Å². The van der Waals surface area contributed by atoms with Gasteiger partial charge in [0, 0.05) is 6.54 Å². The number of aromatic nitrogens is 3. The Hall–Kier alpha value is 1.46. The molecule has 116 valence electrons. The summed E-state index contributed by atoms with van der Waals surface area (Å²) in [4.78, 5) is 0.